The maximum absolute atomic E-state index is 13.3. The Kier molecular flexibility index (Phi) is 10.2. The first-order chi connectivity index (χ1) is 16.9. The maximum Gasteiger partial charge on any atom is 0.326 e. The van der Waals surface area contributed by atoms with Gasteiger partial charge in [-0.1, -0.05) is 26.0 Å². The molecule has 12 nitrogen and oxygen atoms in total. The van der Waals surface area contributed by atoms with Gasteiger partial charge in [-0.25, -0.2) is 4.79 Å². The van der Waals surface area contributed by atoms with Crippen molar-refractivity contribution >= 4 is 29.6 Å². The van der Waals surface area contributed by atoms with Crippen molar-refractivity contribution < 1.29 is 34.2 Å². The van der Waals surface area contributed by atoms with Crippen LogP contribution >= 0.6 is 0 Å². The summed E-state index contributed by atoms with van der Waals surface area (Å²) < 4.78 is 0. The lowest BCUT2D eigenvalue weighted by molar-refractivity contribution is -0.149. The van der Waals surface area contributed by atoms with E-state index in [1.165, 1.54) is 17.0 Å². The molecule has 0 aliphatic carbocycles. The van der Waals surface area contributed by atoms with Gasteiger partial charge in [-0.15, -0.1) is 0 Å². The van der Waals surface area contributed by atoms with E-state index in [-0.39, 0.29) is 43.9 Å². The normalized spacial score (nSPS) is 17.8. The zero-order valence-corrected chi connectivity index (χ0v) is 20.5. The molecule has 1 aliphatic rings. The number of hydrogen-bond acceptors (Lipinski definition) is 7. The van der Waals surface area contributed by atoms with Gasteiger partial charge in [0.15, 0.2) is 0 Å². The molecule has 4 amide bonds. The number of carboxylic acid groups (broad SMARTS) is 1. The van der Waals surface area contributed by atoms with Crippen molar-refractivity contribution in [2.75, 3.05) is 6.54 Å². The molecule has 0 bridgehead atoms. The quantitative estimate of drug-likeness (QED) is 0.212. The number of carboxylic acids is 1. The summed E-state index contributed by atoms with van der Waals surface area (Å²) in [5.41, 5.74) is 11.8. The molecule has 0 radical (unpaired) electrons. The average Bonchev–Trinajstić information content (AvgIpc) is 3.31. The van der Waals surface area contributed by atoms with E-state index < -0.39 is 53.8 Å². The summed E-state index contributed by atoms with van der Waals surface area (Å²) in [7, 11) is 0. The largest absolute Gasteiger partial charge is 0.508 e. The monoisotopic (exact) mass is 505 g/mol. The lowest BCUT2D eigenvalue weighted by Gasteiger charge is -2.29. The number of aromatic hydroxyl groups is 1. The number of primary amides is 1. The number of nitrogens with one attached hydrogen (secondary N) is 2. The van der Waals surface area contributed by atoms with Gasteiger partial charge >= 0.3 is 5.97 Å². The number of phenols is 1. The van der Waals surface area contributed by atoms with Gasteiger partial charge in [0.1, 0.15) is 23.9 Å². The minimum Gasteiger partial charge on any atom is -0.508 e. The van der Waals surface area contributed by atoms with Crippen LogP contribution in [0, 0.1) is 5.92 Å². The second-order valence-corrected chi connectivity index (χ2v) is 9.30. The van der Waals surface area contributed by atoms with E-state index in [0.29, 0.717) is 12.0 Å². The fourth-order valence-electron chi connectivity index (χ4n) is 3.95. The minimum atomic E-state index is -1.22. The SMILES string of the molecule is CC(C)C(N)C(=O)NC(Cc1ccc(O)cc1)C(=O)NC(CCC(N)=O)C(=O)N1CCCC1C(=O)O. The summed E-state index contributed by atoms with van der Waals surface area (Å²) in [6, 6.07) is 1.78. The molecule has 0 aromatic heterocycles. The average molecular weight is 506 g/mol. The van der Waals surface area contributed by atoms with Crippen LogP contribution < -0.4 is 22.1 Å². The Balaban J connectivity index is 2.27. The standard InChI is InChI=1S/C24H35N5O7/c1-13(2)20(26)22(33)28-17(12-14-5-7-15(30)8-6-14)21(32)27-16(9-10-19(25)31)23(34)29-11-3-4-18(29)24(35)36/h5-8,13,16-18,20,30H,3-4,9-12,26H2,1-2H3,(H2,25,31)(H,27,32)(H,28,33)(H,35,36). The lowest BCUT2D eigenvalue weighted by atomic mass is 10.0. The van der Waals surface area contributed by atoms with Crippen molar-refractivity contribution in [2.24, 2.45) is 17.4 Å². The molecule has 8 N–H and O–H groups in total. The highest BCUT2D eigenvalue weighted by Gasteiger charge is 2.38. The van der Waals surface area contributed by atoms with Gasteiger partial charge in [-0.3, -0.25) is 19.2 Å². The zero-order valence-electron chi connectivity index (χ0n) is 20.5. The number of phenolic OH excluding ortho intramolecular Hbond substituents is 1. The highest BCUT2D eigenvalue weighted by atomic mass is 16.4. The van der Waals surface area contributed by atoms with E-state index in [1.807, 2.05) is 0 Å². The number of hydrogen-bond donors (Lipinski definition) is 6. The van der Waals surface area contributed by atoms with Gasteiger partial charge in [0, 0.05) is 19.4 Å². The molecule has 1 saturated heterocycles. The number of benzene rings is 1. The Hall–Kier alpha value is -3.67. The Bertz CT molecular complexity index is 966. The van der Waals surface area contributed by atoms with Crippen LogP contribution in [0.15, 0.2) is 24.3 Å². The van der Waals surface area contributed by atoms with Crippen LogP contribution in [0.1, 0.15) is 45.1 Å². The van der Waals surface area contributed by atoms with Gasteiger partial charge in [0.05, 0.1) is 6.04 Å². The summed E-state index contributed by atoms with van der Waals surface area (Å²) in [6.45, 7) is 3.72. The first kappa shape index (κ1) is 28.6. The van der Waals surface area contributed by atoms with Crippen molar-refractivity contribution in [3.8, 4) is 5.75 Å². The molecule has 12 heteroatoms. The third-order valence-corrected chi connectivity index (χ3v) is 6.15. The Morgan fingerprint density at radius 1 is 1.06 bits per heavy atom. The molecule has 1 heterocycles. The highest BCUT2D eigenvalue weighted by molar-refractivity contribution is 5.94. The molecule has 4 unspecified atom stereocenters. The molecule has 0 spiro atoms. The highest BCUT2D eigenvalue weighted by Crippen LogP contribution is 2.20. The van der Waals surface area contributed by atoms with Gasteiger partial charge in [-0.2, -0.15) is 0 Å². The number of likely N-dealkylation sites (tertiary alicyclic amines) is 1. The number of nitrogens with zero attached hydrogens (tertiary/aromatic N) is 1. The van der Waals surface area contributed by atoms with Crippen LogP contribution in [0.4, 0.5) is 0 Å². The molecule has 4 atom stereocenters. The molecule has 0 saturated carbocycles. The summed E-state index contributed by atoms with van der Waals surface area (Å²) in [4.78, 5) is 63.3. The summed E-state index contributed by atoms with van der Waals surface area (Å²) in [5.74, 6) is -3.91. The molecular weight excluding hydrogens is 470 g/mol. The van der Waals surface area contributed by atoms with Gasteiger partial charge in [-0.05, 0) is 42.9 Å². The number of carbonyl (C=O) groups is 5. The van der Waals surface area contributed by atoms with E-state index in [4.69, 9.17) is 11.5 Å². The minimum absolute atomic E-state index is 0.0286. The van der Waals surface area contributed by atoms with Crippen LogP contribution in [0.2, 0.25) is 0 Å². The summed E-state index contributed by atoms with van der Waals surface area (Å²) >= 11 is 0. The van der Waals surface area contributed by atoms with Crippen LogP contribution in [-0.4, -0.2) is 75.4 Å². The van der Waals surface area contributed by atoms with E-state index in [1.54, 1.807) is 26.0 Å². The van der Waals surface area contributed by atoms with Crippen LogP contribution in [0.3, 0.4) is 0 Å². The Morgan fingerprint density at radius 3 is 2.22 bits per heavy atom. The topological polar surface area (TPSA) is 205 Å². The van der Waals surface area contributed by atoms with Crippen LogP contribution in [0.25, 0.3) is 0 Å². The maximum atomic E-state index is 13.3. The number of nitrogens with two attached hydrogens (primary N) is 2. The third-order valence-electron chi connectivity index (χ3n) is 6.15. The first-order valence-electron chi connectivity index (χ1n) is 11.9. The number of carbonyl (C=O) groups excluding carboxylic acids is 4. The molecule has 1 fully saturated rings. The van der Waals surface area contributed by atoms with E-state index >= 15 is 0 Å². The predicted octanol–water partition coefficient (Wildman–Crippen LogP) is -0.771. The number of rotatable bonds is 12. The lowest BCUT2D eigenvalue weighted by Crippen LogP contribution is -2.58. The van der Waals surface area contributed by atoms with Crippen LogP contribution in [-0.2, 0) is 30.4 Å². The first-order valence-corrected chi connectivity index (χ1v) is 11.9. The third kappa shape index (κ3) is 7.94. The van der Waals surface area contributed by atoms with Crippen molar-refractivity contribution in [3.63, 3.8) is 0 Å². The van der Waals surface area contributed by atoms with Crippen molar-refractivity contribution in [2.45, 2.75) is 70.1 Å². The Morgan fingerprint density at radius 2 is 1.67 bits per heavy atom. The second-order valence-electron chi connectivity index (χ2n) is 9.30. The van der Waals surface area contributed by atoms with E-state index in [0.717, 1.165) is 0 Å². The van der Waals surface area contributed by atoms with E-state index in [2.05, 4.69) is 10.6 Å². The van der Waals surface area contributed by atoms with Crippen molar-refractivity contribution in [1.82, 2.24) is 15.5 Å². The van der Waals surface area contributed by atoms with Crippen LogP contribution in [0.5, 0.6) is 5.75 Å². The Labute approximate surface area is 209 Å². The molecular formula is C24H35N5O7. The van der Waals surface area contributed by atoms with E-state index in [9.17, 15) is 34.2 Å². The smallest absolute Gasteiger partial charge is 0.326 e. The molecule has 2 rings (SSSR count). The fourth-order valence-corrected chi connectivity index (χ4v) is 3.95. The fraction of sp³-hybridized carbons (Fsp3) is 0.542. The summed E-state index contributed by atoms with van der Waals surface area (Å²) in [5, 5.41) is 24.2. The number of amides is 4. The predicted molar refractivity (Wildman–Crippen MR) is 129 cm³/mol. The van der Waals surface area contributed by atoms with Gasteiger partial charge in [0.25, 0.3) is 0 Å². The zero-order chi connectivity index (χ0) is 27.0. The molecule has 1 aliphatic heterocycles. The second kappa shape index (κ2) is 12.9. The molecule has 1 aromatic rings. The number of aliphatic carboxylic acids is 1. The van der Waals surface area contributed by atoms with Gasteiger partial charge in [0.2, 0.25) is 23.6 Å². The van der Waals surface area contributed by atoms with Gasteiger partial charge < -0.3 is 37.2 Å². The summed E-state index contributed by atoms with van der Waals surface area (Å²) in [6.07, 6.45) is 0.459. The molecule has 36 heavy (non-hydrogen) atoms. The molecule has 198 valence electrons. The van der Waals surface area contributed by atoms with Crippen molar-refractivity contribution in [1.29, 1.82) is 0 Å². The molecule has 1 aromatic carbocycles. The van der Waals surface area contributed by atoms with Crippen molar-refractivity contribution in [3.05, 3.63) is 29.8 Å².